The third-order valence-electron chi connectivity index (χ3n) is 3.90. The molecule has 2 aromatic rings. The lowest BCUT2D eigenvalue weighted by atomic mass is 10.1. The summed E-state index contributed by atoms with van der Waals surface area (Å²) >= 11 is 12.2. The first kappa shape index (κ1) is 17.4. The fourth-order valence-electron chi connectivity index (χ4n) is 2.68. The van der Waals surface area contributed by atoms with Crippen LogP contribution in [0.3, 0.4) is 0 Å². The molecule has 6 nitrogen and oxygen atoms in total. The average molecular weight is 388 g/mol. The molecular formula is C15H15Cl2N3O3S. The molecule has 128 valence electrons. The highest BCUT2D eigenvalue weighted by Gasteiger charge is 2.24. The average Bonchev–Trinajstić information content (AvgIpc) is 2.51. The number of hydrogen-bond donors (Lipinski definition) is 1. The van der Waals surface area contributed by atoms with E-state index in [2.05, 4.69) is 14.9 Å². The zero-order chi connectivity index (χ0) is 17.5. The second-order valence-electron chi connectivity index (χ2n) is 5.74. The van der Waals surface area contributed by atoms with Gasteiger partial charge in [-0.15, -0.1) is 0 Å². The van der Waals surface area contributed by atoms with Crippen LogP contribution in [0.1, 0.15) is 16.8 Å². The lowest BCUT2D eigenvalue weighted by Gasteiger charge is -2.28. The van der Waals surface area contributed by atoms with E-state index < -0.39 is 15.4 Å². The fourth-order valence-corrected chi connectivity index (χ4v) is 3.61. The molecule has 1 aromatic heterocycles. The van der Waals surface area contributed by atoms with Crippen LogP contribution in [0.15, 0.2) is 28.2 Å². The van der Waals surface area contributed by atoms with Crippen LogP contribution in [-0.2, 0) is 29.3 Å². The van der Waals surface area contributed by atoms with Crippen molar-refractivity contribution in [3.8, 4) is 0 Å². The summed E-state index contributed by atoms with van der Waals surface area (Å²) in [5, 5.41) is 0.714. The number of H-pyrrole nitrogens is 1. The van der Waals surface area contributed by atoms with Gasteiger partial charge in [-0.05, 0) is 11.6 Å². The molecule has 0 fully saturated rings. The van der Waals surface area contributed by atoms with Crippen molar-refractivity contribution < 1.29 is 8.42 Å². The molecule has 2 heterocycles. The second-order valence-corrected chi connectivity index (χ2v) is 8.46. The molecule has 0 spiro atoms. The van der Waals surface area contributed by atoms with Gasteiger partial charge in [0.15, 0.2) is 0 Å². The van der Waals surface area contributed by atoms with Crippen LogP contribution in [0.4, 0.5) is 0 Å². The molecule has 0 aliphatic carbocycles. The number of nitrogens with one attached hydrogen (secondary N) is 1. The number of sulfone groups is 1. The maximum atomic E-state index is 12.2. The van der Waals surface area contributed by atoms with Crippen LogP contribution in [0.5, 0.6) is 0 Å². The molecule has 0 radical (unpaired) electrons. The van der Waals surface area contributed by atoms with Crippen molar-refractivity contribution in [2.45, 2.75) is 24.7 Å². The van der Waals surface area contributed by atoms with E-state index in [1.165, 1.54) is 0 Å². The predicted octanol–water partition coefficient (Wildman–Crippen LogP) is 2.04. The van der Waals surface area contributed by atoms with Crippen molar-refractivity contribution in [2.24, 2.45) is 0 Å². The Hall–Kier alpha value is -1.41. The van der Waals surface area contributed by atoms with E-state index in [1.807, 2.05) is 12.1 Å². The van der Waals surface area contributed by atoms with Gasteiger partial charge in [0.1, 0.15) is 0 Å². The van der Waals surface area contributed by atoms with Gasteiger partial charge in [-0.1, -0.05) is 35.3 Å². The van der Waals surface area contributed by atoms with Gasteiger partial charge in [-0.25, -0.2) is 13.4 Å². The molecule has 0 bridgehead atoms. The Balaban J connectivity index is 1.87. The van der Waals surface area contributed by atoms with Crippen LogP contribution in [0.2, 0.25) is 10.0 Å². The van der Waals surface area contributed by atoms with Crippen molar-refractivity contribution in [1.29, 1.82) is 0 Å². The van der Waals surface area contributed by atoms with Gasteiger partial charge >= 0.3 is 0 Å². The molecule has 24 heavy (non-hydrogen) atoms. The molecule has 1 aliphatic heterocycles. The van der Waals surface area contributed by atoms with Crippen molar-refractivity contribution in [1.82, 2.24) is 14.9 Å². The van der Waals surface area contributed by atoms with E-state index in [9.17, 15) is 13.2 Å². The van der Waals surface area contributed by atoms with Gasteiger partial charge in [-0.3, -0.25) is 14.7 Å². The molecule has 9 heteroatoms. The minimum atomic E-state index is -3.54. The Morgan fingerprint density at radius 3 is 2.79 bits per heavy atom. The highest BCUT2D eigenvalue weighted by atomic mass is 35.5. The highest BCUT2D eigenvalue weighted by Crippen LogP contribution is 2.27. The largest absolute Gasteiger partial charge is 0.297 e. The van der Waals surface area contributed by atoms with E-state index in [-0.39, 0.29) is 5.16 Å². The SMILES string of the molecule is CS(=O)(=O)c1nc2c(c(=O)[nH]1)CN(Cc1cccc(Cl)c1Cl)CC2. The van der Waals surface area contributed by atoms with Crippen molar-refractivity contribution >= 4 is 33.0 Å². The summed E-state index contributed by atoms with van der Waals surface area (Å²) < 4.78 is 23.2. The van der Waals surface area contributed by atoms with Crippen LogP contribution >= 0.6 is 23.2 Å². The van der Waals surface area contributed by atoms with Crippen molar-refractivity contribution in [3.63, 3.8) is 0 Å². The Bertz CT molecular complexity index is 957. The molecule has 1 N–H and O–H groups in total. The fraction of sp³-hybridized carbons (Fsp3) is 0.333. The zero-order valence-corrected chi connectivity index (χ0v) is 15.2. The third kappa shape index (κ3) is 3.49. The van der Waals surface area contributed by atoms with Crippen LogP contribution in [0.25, 0.3) is 0 Å². The molecule has 1 aromatic carbocycles. The molecule has 3 rings (SSSR count). The minimum Gasteiger partial charge on any atom is -0.297 e. The first-order valence-corrected chi connectivity index (χ1v) is 9.88. The topological polar surface area (TPSA) is 83.1 Å². The molecule has 0 unspecified atom stereocenters. The Labute approximate surface area is 149 Å². The predicted molar refractivity (Wildman–Crippen MR) is 92.2 cm³/mol. The molecule has 0 atom stereocenters. The van der Waals surface area contributed by atoms with Gasteiger partial charge in [0.05, 0.1) is 21.3 Å². The number of hydrogen-bond acceptors (Lipinski definition) is 5. The third-order valence-corrected chi connectivity index (χ3v) is 5.66. The van der Waals surface area contributed by atoms with E-state index >= 15 is 0 Å². The van der Waals surface area contributed by atoms with Gasteiger partial charge in [0.2, 0.25) is 15.0 Å². The number of fused-ring (bicyclic) bond motifs is 1. The van der Waals surface area contributed by atoms with E-state index in [1.54, 1.807) is 6.07 Å². The summed E-state index contributed by atoms with van der Waals surface area (Å²) in [6.07, 6.45) is 1.52. The van der Waals surface area contributed by atoms with Gasteiger partial charge in [0.25, 0.3) is 5.56 Å². The van der Waals surface area contributed by atoms with Gasteiger partial charge in [-0.2, -0.15) is 0 Å². The minimum absolute atomic E-state index is 0.280. The highest BCUT2D eigenvalue weighted by molar-refractivity contribution is 7.90. The quantitative estimate of drug-likeness (QED) is 0.814. The number of rotatable bonds is 3. The van der Waals surface area contributed by atoms with E-state index in [4.69, 9.17) is 23.2 Å². The Morgan fingerprint density at radius 2 is 2.08 bits per heavy atom. The summed E-state index contributed by atoms with van der Waals surface area (Å²) in [6.45, 7) is 1.58. The van der Waals surface area contributed by atoms with Crippen LogP contribution in [-0.4, -0.2) is 36.1 Å². The maximum absolute atomic E-state index is 12.2. The first-order valence-electron chi connectivity index (χ1n) is 7.23. The molecule has 1 aliphatic rings. The molecule has 0 saturated heterocycles. The van der Waals surface area contributed by atoms with E-state index in [0.29, 0.717) is 47.4 Å². The number of benzene rings is 1. The Morgan fingerprint density at radius 1 is 1.33 bits per heavy atom. The summed E-state index contributed by atoms with van der Waals surface area (Å²) in [6, 6.07) is 5.44. The van der Waals surface area contributed by atoms with Crippen LogP contribution in [0, 0.1) is 0 Å². The second kappa shape index (κ2) is 6.48. The number of aromatic nitrogens is 2. The summed E-state index contributed by atoms with van der Waals surface area (Å²) in [5.41, 5.74) is 1.49. The zero-order valence-electron chi connectivity index (χ0n) is 12.8. The van der Waals surface area contributed by atoms with Gasteiger partial charge < -0.3 is 0 Å². The maximum Gasteiger partial charge on any atom is 0.256 e. The molecular weight excluding hydrogens is 373 g/mol. The number of halogens is 2. The summed E-state index contributed by atoms with van der Waals surface area (Å²) in [4.78, 5) is 20.7. The normalized spacial score (nSPS) is 15.3. The van der Waals surface area contributed by atoms with Crippen molar-refractivity contribution in [3.05, 3.63) is 55.4 Å². The summed E-state index contributed by atoms with van der Waals surface area (Å²) in [7, 11) is -3.54. The van der Waals surface area contributed by atoms with E-state index in [0.717, 1.165) is 11.8 Å². The lowest BCUT2D eigenvalue weighted by molar-refractivity contribution is 0.241. The van der Waals surface area contributed by atoms with Crippen molar-refractivity contribution in [2.75, 3.05) is 12.8 Å². The lowest BCUT2D eigenvalue weighted by Crippen LogP contribution is -2.36. The number of aromatic amines is 1. The first-order chi connectivity index (χ1) is 11.3. The monoisotopic (exact) mass is 387 g/mol. The smallest absolute Gasteiger partial charge is 0.256 e. The molecule has 0 saturated carbocycles. The summed E-state index contributed by atoms with van der Waals surface area (Å²) in [5.74, 6) is 0. The standard InChI is InChI=1S/C15H15Cl2N3O3S/c1-24(22,23)15-18-12-5-6-20(8-10(12)14(21)19-15)7-9-3-2-4-11(16)13(9)17/h2-4H,5-8H2,1H3,(H,18,19,21). The van der Waals surface area contributed by atoms with Gasteiger partial charge in [0, 0.05) is 32.3 Å². The van der Waals surface area contributed by atoms with Crippen LogP contribution < -0.4 is 5.56 Å². The molecule has 0 amide bonds. The number of nitrogens with zero attached hydrogens (tertiary/aromatic N) is 2. The Kier molecular flexibility index (Phi) is 4.70.